The van der Waals surface area contributed by atoms with Crippen LogP contribution < -0.4 is 10.6 Å². The molecule has 1 aromatic rings. The van der Waals surface area contributed by atoms with Gasteiger partial charge in [-0.2, -0.15) is 4.98 Å². The molecule has 106 valence electrons. The average Bonchev–Trinajstić information content (AvgIpc) is 2.42. The standard InChI is InChI=1S/C13H22FN5/c1-13(4-6-19(3)7-5-13)9-17-11-10(14)8-16-12(15-2)18-11/h8H,4-7,9H2,1-3H3,(H2,15,16,17,18). The van der Waals surface area contributed by atoms with E-state index >= 15 is 0 Å². The lowest BCUT2D eigenvalue weighted by Gasteiger charge is -2.38. The minimum Gasteiger partial charge on any atom is -0.367 e. The second-order valence-electron chi connectivity index (χ2n) is 5.61. The number of halogens is 1. The van der Waals surface area contributed by atoms with Gasteiger partial charge in [0.25, 0.3) is 0 Å². The molecule has 0 aromatic carbocycles. The maximum atomic E-state index is 13.6. The van der Waals surface area contributed by atoms with Gasteiger partial charge >= 0.3 is 0 Å². The van der Waals surface area contributed by atoms with Gasteiger partial charge in [-0.05, 0) is 38.4 Å². The van der Waals surface area contributed by atoms with Crippen LogP contribution in [0.15, 0.2) is 6.20 Å². The largest absolute Gasteiger partial charge is 0.367 e. The predicted octanol–water partition coefficient (Wildman–Crippen LogP) is 1.80. The highest BCUT2D eigenvalue weighted by Crippen LogP contribution is 2.30. The van der Waals surface area contributed by atoms with Gasteiger partial charge in [0.15, 0.2) is 11.6 Å². The van der Waals surface area contributed by atoms with Gasteiger partial charge in [-0.15, -0.1) is 0 Å². The van der Waals surface area contributed by atoms with Crippen molar-refractivity contribution in [2.75, 3.05) is 44.4 Å². The van der Waals surface area contributed by atoms with Crippen LogP contribution in [0.4, 0.5) is 16.2 Å². The molecule has 0 atom stereocenters. The first-order valence-corrected chi connectivity index (χ1v) is 6.65. The first kappa shape index (κ1) is 14.0. The predicted molar refractivity (Wildman–Crippen MR) is 74.9 cm³/mol. The molecule has 1 aliphatic heterocycles. The zero-order valence-electron chi connectivity index (χ0n) is 11.8. The summed E-state index contributed by atoms with van der Waals surface area (Å²) in [4.78, 5) is 10.3. The zero-order chi connectivity index (χ0) is 13.9. The SMILES string of the molecule is CNc1ncc(F)c(NCC2(C)CCN(C)CC2)n1. The van der Waals surface area contributed by atoms with E-state index in [4.69, 9.17) is 0 Å². The van der Waals surface area contributed by atoms with Crippen molar-refractivity contribution in [2.24, 2.45) is 5.41 Å². The summed E-state index contributed by atoms with van der Waals surface area (Å²) in [6.07, 6.45) is 3.42. The van der Waals surface area contributed by atoms with Crippen LogP contribution in [0.1, 0.15) is 19.8 Å². The highest BCUT2D eigenvalue weighted by atomic mass is 19.1. The van der Waals surface area contributed by atoms with Crippen molar-refractivity contribution in [3.63, 3.8) is 0 Å². The first-order chi connectivity index (χ1) is 9.02. The Kier molecular flexibility index (Phi) is 4.19. The quantitative estimate of drug-likeness (QED) is 0.871. The van der Waals surface area contributed by atoms with E-state index in [2.05, 4.69) is 39.5 Å². The maximum absolute atomic E-state index is 13.6. The molecular formula is C13H22FN5. The molecule has 0 aliphatic carbocycles. The molecule has 0 bridgehead atoms. The monoisotopic (exact) mass is 267 g/mol. The summed E-state index contributed by atoms with van der Waals surface area (Å²) in [7, 11) is 3.85. The fourth-order valence-corrected chi connectivity index (χ4v) is 2.24. The van der Waals surface area contributed by atoms with Crippen molar-refractivity contribution in [2.45, 2.75) is 19.8 Å². The van der Waals surface area contributed by atoms with Crippen molar-refractivity contribution < 1.29 is 4.39 Å². The number of piperidine rings is 1. The summed E-state index contributed by atoms with van der Waals surface area (Å²) in [5.41, 5.74) is 0.198. The molecule has 2 heterocycles. The molecule has 1 aromatic heterocycles. The van der Waals surface area contributed by atoms with Gasteiger partial charge in [0, 0.05) is 13.6 Å². The number of aromatic nitrogens is 2. The van der Waals surface area contributed by atoms with Crippen molar-refractivity contribution in [3.05, 3.63) is 12.0 Å². The molecule has 2 N–H and O–H groups in total. The third kappa shape index (κ3) is 3.53. The number of likely N-dealkylation sites (tertiary alicyclic amines) is 1. The Morgan fingerprint density at radius 1 is 1.42 bits per heavy atom. The van der Waals surface area contributed by atoms with E-state index in [1.54, 1.807) is 7.05 Å². The van der Waals surface area contributed by atoms with Gasteiger partial charge in [0.05, 0.1) is 6.20 Å². The van der Waals surface area contributed by atoms with E-state index in [9.17, 15) is 4.39 Å². The molecule has 0 radical (unpaired) electrons. The lowest BCUT2D eigenvalue weighted by atomic mass is 9.80. The third-order valence-electron chi connectivity index (χ3n) is 3.84. The number of hydrogen-bond acceptors (Lipinski definition) is 5. The van der Waals surface area contributed by atoms with E-state index < -0.39 is 5.82 Å². The second-order valence-corrected chi connectivity index (χ2v) is 5.61. The maximum Gasteiger partial charge on any atom is 0.224 e. The van der Waals surface area contributed by atoms with Crippen molar-refractivity contribution in [1.82, 2.24) is 14.9 Å². The summed E-state index contributed by atoms with van der Waals surface area (Å²) in [6.45, 7) is 5.15. The summed E-state index contributed by atoms with van der Waals surface area (Å²) in [5, 5.41) is 5.94. The highest BCUT2D eigenvalue weighted by Gasteiger charge is 2.28. The summed E-state index contributed by atoms with van der Waals surface area (Å²) in [6, 6.07) is 0. The van der Waals surface area contributed by atoms with Crippen LogP contribution in [0.5, 0.6) is 0 Å². The Balaban J connectivity index is 1.98. The molecule has 1 saturated heterocycles. The summed E-state index contributed by atoms with van der Waals surface area (Å²) < 4.78 is 13.6. The Labute approximate surface area is 113 Å². The highest BCUT2D eigenvalue weighted by molar-refractivity contribution is 5.40. The topological polar surface area (TPSA) is 53.1 Å². The van der Waals surface area contributed by atoms with Gasteiger partial charge in [-0.25, -0.2) is 9.37 Å². The van der Waals surface area contributed by atoms with Gasteiger partial charge in [-0.3, -0.25) is 0 Å². The van der Waals surface area contributed by atoms with E-state index in [0.717, 1.165) is 32.5 Å². The molecule has 0 spiro atoms. The fraction of sp³-hybridized carbons (Fsp3) is 0.692. The van der Waals surface area contributed by atoms with Gasteiger partial charge < -0.3 is 15.5 Å². The minimum atomic E-state index is -0.407. The smallest absolute Gasteiger partial charge is 0.224 e. The van der Waals surface area contributed by atoms with Crippen LogP contribution in [-0.2, 0) is 0 Å². The minimum absolute atomic E-state index is 0.198. The Bertz CT molecular complexity index is 429. The van der Waals surface area contributed by atoms with E-state index in [1.165, 1.54) is 6.20 Å². The lowest BCUT2D eigenvalue weighted by molar-refractivity contribution is 0.150. The number of nitrogens with zero attached hydrogens (tertiary/aromatic N) is 3. The molecule has 1 fully saturated rings. The molecule has 1 aliphatic rings. The molecule has 6 heteroatoms. The lowest BCUT2D eigenvalue weighted by Crippen LogP contribution is -2.40. The molecule has 2 rings (SSSR count). The number of rotatable bonds is 4. The molecule has 0 saturated carbocycles. The molecule has 0 unspecified atom stereocenters. The van der Waals surface area contributed by atoms with E-state index in [0.29, 0.717) is 5.95 Å². The van der Waals surface area contributed by atoms with Crippen LogP contribution >= 0.6 is 0 Å². The van der Waals surface area contributed by atoms with Gasteiger partial charge in [0.2, 0.25) is 5.95 Å². The molecular weight excluding hydrogens is 245 g/mol. The zero-order valence-corrected chi connectivity index (χ0v) is 11.8. The third-order valence-corrected chi connectivity index (χ3v) is 3.84. The van der Waals surface area contributed by atoms with Crippen molar-refractivity contribution >= 4 is 11.8 Å². The normalized spacial score (nSPS) is 19.2. The van der Waals surface area contributed by atoms with Gasteiger partial charge in [-0.1, -0.05) is 6.92 Å². The van der Waals surface area contributed by atoms with Crippen LogP contribution in [-0.4, -0.2) is 48.6 Å². The van der Waals surface area contributed by atoms with Crippen LogP contribution in [0, 0.1) is 11.2 Å². The fourth-order valence-electron chi connectivity index (χ4n) is 2.24. The summed E-state index contributed by atoms with van der Waals surface area (Å²) >= 11 is 0. The van der Waals surface area contributed by atoms with E-state index in [-0.39, 0.29) is 11.2 Å². The Morgan fingerprint density at radius 3 is 2.74 bits per heavy atom. The van der Waals surface area contributed by atoms with Crippen LogP contribution in [0.3, 0.4) is 0 Å². The van der Waals surface area contributed by atoms with E-state index in [1.807, 2.05) is 0 Å². The molecule has 5 nitrogen and oxygen atoms in total. The Hall–Kier alpha value is -1.43. The molecule has 0 amide bonds. The number of hydrogen-bond donors (Lipinski definition) is 2. The first-order valence-electron chi connectivity index (χ1n) is 6.65. The van der Waals surface area contributed by atoms with Crippen molar-refractivity contribution in [3.8, 4) is 0 Å². The Morgan fingerprint density at radius 2 is 2.11 bits per heavy atom. The molecule has 19 heavy (non-hydrogen) atoms. The van der Waals surface area contributed by atoms with Crippen LogP contribution in [0.25, 0.3) is 0 Å². The van der Waals surface area contributed by atoms with Gasteiger partial charge in [0.1, 0.15) is 0 Å². The average molecular weight is 267 g/mol. The summed E-state index contributed by atoms with van der Waals surface area (Å²) in [5.74, 6) is 0.299. The van der Waals surface area contributed by atoms with Crippen LogP contribution in [0.2, 0.25) is 0 Å². The van der Waals surface area contributed by atoms with Crippen molar-refractivity contribution in [1.29, 1.82) is 0 Å². The second kappa shape index (κ2) is 5.69. The number of nitrogens with one attached hydrogen (secondary N) is 2. The number of anilines is 2.